The van der Waals surface area contributed by atoms with Crippen LogP contribution in [0.15, 0.2) is 18.2 Å². The van der Waals surface area contributed by atoms with Crippen LogP contribution < -0.4 is 16.2 Å². The SMILES string of the molecule is Cc1cccc(NC2NNC3C2CN(C(=O)N2C[C@]4(C)CCCN4C[C@@H]2C)C3(C)C)n1. The van der Waals surface area contributed by atoms with Crippen molar-refractivity contribution in [1.82, 2.24) is 30.5 Å². The highest BCUT2D eigenvalue weighted by Gasteiger charge is 2.57. The van der Waals surface area contributed by atoms with Gasteiger partial charge in [0.2, 0.25) is 0 Å². The third-order valence-electron chi connectivity index (χ3n) is 8.20. The number of rotatable bonds is 2. The molecule has 1 aromatic rings. The molecular formula is C23H37N7O. The van der Waals surface area contributed by atoms with Crippen LogP contribution in [0, 0.1) is 12.8 Å². The van der Waals surface area contributed by atoms with Crippen molar-refractivity contribution in [1.29, 1.82) is 0 Å². The van der Waals surface area contributed by atoms with Crippen LogP contribution >= 0.6 is 0 Å². The molecule has 8 nitrogen and oxygen atoms in total. The predicted octanol–water partition coefficient (Wildman–Crippen LogP) is 1.99. The Morgan fingerprint density at radius 2 is 2.03 bits per heavy atom. The number of aromatic nitrogens is 1. The molecule has 5 atom stereocenters. The summed E-state index contributed by atoms with van der Waals surface area (Å²) in [6, 6.07) is 6.62. The summed E-state index contributed by atoms with van der Waals surface area (Å²) < 4.78 is 0. The highest BCUT2D eigenvalue weighted by atomic mass is 16.2. The van der Waals surface area contributed by atoms with E-state index in [0.717, 1.165) is 37.7 Å². The number of amides is 2. The first-order chi connectivity index (χ1) is 14.7. The number of pyridine rings is 1. The van der Waals surface area contributed by atoms with Crippen LogP contribution in [0.1, 0.15) is 46.2 Å². The normalized spacial score (nSPS) is 37.1. The van der Waals surface area contributed by atoms with Gasteiger partial charge >= 0.3 is 6.03 Å². The molecule has 0 bridgehead atoms. The maximum Gasteiger partial charge on any atom is 0.320 e. The second-order valence-corrected chi connectivity index (χ2v) is 10.8. The van der Waals surface area contributed by atoms with Crippen LogP contribution in [0.25, 0.3) is 0 Å². The van der Waals surface area contributed by atoms with Gasteiger partial charge in [-0.3, -0.25) is 10.3 Å². The standard InChI is InChI=1S/C23H37N7O/c1-15-8-6-9-18(24-15)25-20-17-13-30(22(3,4)19(17)26-27-20)21(31)29-14-23(5)10-7-11-28(23)12-16(29)2/h6,8-9,16-17,19-20,26-27H,7,10-14H2,1-5H3,(H,24,25)/t16-,17?,19?,20?,23-/m0/s1. The van der Waals surface area contributed by atoms with Gasteiger partial charge in [-0.1, -0.05) is 6.07 Å². The number of anilines is 1. The minimum Gasteiger partial charge on any atom is -0.353 e. The van der Waals surface area contributed by atoms with Gasteiger partial charge in [-0.15, -0.1) is 0 Å². The first-order valence-electron chi connectivity index (χ1n) is 11.7. The monoisotopic (exact) mass is 427 g/mol. The second-order valence-electron chi connectivity index (χ2n) is 10.8. The lowest BCUT2D eigenvalue weighted by atomic mass is 9.90. The quantitative estimate of drug-likeness (QED) is 0.670. The molecule has 4 saturated heterocycles. The van der Waals surface area contributed by atoms with E-state index in [1.165, 1.54) is 12.8 Å². The minimum absolute atomic E-state index is 0.0259. The van der Waals surface area contributed by atoms with Gasteiger partial charge in [-0.05, 0) is 66.1 Å². The van der Waals surface area contributed by atoms with Crippen molar-refractivity contribution in [3.8, 4) is 0 Å². The van der Waals surface area contributed by atoms with E-state index in [1.54, 1.807) is 0 Å². The Morgan fingerprint density at radius 1 is 1.23 bits per heavy atom. The van der Waals surface area contributed by atoms with E-state index >= 15 is 0 Å². The molecule has 8 heteroatoms. The number of hydrazine groups is 1. The molecule has 3 unspecified atom stereocenters. The lowest BCUT2D eigenvalue weighted by molar-refractivity contribution is 0.00953. The molecule has 0 aliphatic carbocycles. The topological polar surface area (TPSA) is 75.8 Å². The number of carbonyl (C=O) groups excluding carboxylic acids is 1. The molecule has 170 valence electrons. The first-order valence-corrected chi connectivity index (χ1v) is 11.7. The number of nitrogens with zero attached hydrogens (tertiary/aromatic N) is 4. The largest absolute Gasteiger partial charge is 0.353 e. The minimum atomic E-state index is -0.279. The average molecular weight is 428 g/mol. The Morgan fingerprint density at radius 3 is 2.81 bits per heavy atom. The van der Waals surface area contributed by atoms with Gasteiger partial charge in [0.1, 0.15) is 5.82 Å². The van der Waals surface area contributed by atoms with Crippen molar-refractivity contribution < 1.29 is 4.79 Å². The van der Waals surface area contributed by atoms with Gasteiger partial charge in [-0.2, -0.15) is 0 Å². The number of likely N-dealkylation sites (tertiary alicyclic amines) is 1. The average Bonchev–Trinajstić information content (AvgIpc) is 3.35. The molecule has 4 fully saturated rings. The summed E-state index contributed by atoms with van der Waals surface area (Å²) in [5, 5.41) is 3.53. The zero-order chi connectivity index (χ0) is 22.0. The van der Waals surface area contributed by atoms with Crippen LogP contribution in [0.4, 0.5) is 10.6 Å². The predicted molar refractivity (Wildman–Crippen MR) is 121 cm³/mol. The summed E-state index contributed by atoms with van der Waals surface area (Å²) in [6.07, 6.45) is 2.44. The Hall–Kier alpha value is -1.90. The van der Waals surface area contributed by atoms with E-state index in [2.05, 4.69) is 63.5 Å². The molecular weight excluding hydrogens is 390 g/mol. The van der Waals surface area contributed by atoms with E-state index in [9.17, 15) is 4.79 Å². The molecule has 0 aromatic carbocycles. The number of nitrogens with one attached hydrogen (secondary N) is 3. The molecule has 1 aromatic heterocycles. The lowest BCUT2D eigenvalue weighted by Gasteiger charge is -2.50. The fourth-order valence-corrected chi connectivity index (χ4v) is 6.28. The number of aryl methyl sites for hydroxylation is 1. The first kappa shape index (κ1) is 21.0. The number of hydrogen-bond donors (Lipinski definition) is 3. The smallest absolute Gasteiger partial charge is 0.320 e. The van der Waals surface area contributed by atoms with Crippen LogP contribution in [0.2, 0.25) is 0 Å². The van der Waals surface area contributed by atoms with E-state index in [1.807, 2.05) is 25.1 Å². The van der Waals surface area contributed by atoms with Gasteiger partial charge in [0, 0.05) is 42.8 Å². The van der Waals surface area contributed by atoms with Crippen LogP contribution in [0.3, 0.4) is 0 Å². The zero-order valence-corrected chi connectivity index (χ0v) is 19.5. The summed E-state index contributed by atoms with van der Waals surface area (Å²) >= 11 is 0. The third-order valence-corrected chi connectivity index (χ3v) is 8.20. The highest BCUT2D eigenvalue weighted by molar-refractivity contribution is 5.77. The molecule has 0 saturated carbocycles. The van der Waals surface area contributed by atoms with Crippen molar-refractivity contribution in [2.75, 3.05) is 31.5 Å². The Kier molecular flexibility index (Phi) is 4.95. The van der Waals surface area contributed by atoms with Crippen LogP contribution in [-0.4, -0.2) is 81.2 Å². The van der Waals surface area contributed by atoms with Crippen molar-refractivity contribution in [2.45, 2.75) is 76.8 Å². The molecule has 0 radical (unpaired) electrons. The molecule has 5 rings (SSSR count). The van der Waals surface area contributed by atoms with Gasteiger partial charge in [0.15, 0.2) is 0 Å². The third kappa shape index (κ3) is 3.39. The maximum atomic E-state index is 13.9. The number of fused-ring (bicyclic) bond motifs is 2. The summed E-state index contributed by atoms with van der Waals surface area (Å²) in [5.41, 5.74) is 7.72. The fraction of sp³-hybridized carbons (Fsp3) is 0.739. The van der Waals surface area contributed by atoms with Crippen molar-refractivity contribution in [2.24, 2.45) is 5.92 Å². The molecule has 4 aliphatic rings. The van der Waals surface area contributed by atoms with Gasteiger partial charge in [-0.25, -0.2) is 15.2 Å². The lowest BCUT2D eigenvalue weighted by Crippen LogP contribution is -2.66. The Bertz CT molecular complexity index is 860. The molecule has 2 amide bonds. The summed E-state index contributed by atoms with van der Waals surface area (Å²) in [6.45, 7) is 14.6. The number of urea groups is 1. The van der Waals surface area contributed by atoms with E-state index in [4.69, 9.17) is 0 Å². The van der Waals surface area contributed by atoms with Gasteiger partial charge < -0.3 is 15.1 Å². The van der Waals surface area contributed by atoms with Crippen molar-refractivity contribution in [3.63, 3.8) is 0 Å². The zero-order valence-electron chi connectivity index (χ0n) is 19.5. The molecule has 31 heavy (non-hydrogen) atoms. The Labute approximate surface area is 185 Å². The molecule has 3 N–H and O–H groups in total. The Balaban J connectivity index is 1.33. The van der Waals surface area contributed by atoms with Gasteiger partial charge in [0.05, 0.1) is 17.7 Å². The fourth-order valence-electron chi connectivity index (χ4n) is 6.28. The molecule has 5 heterocycles. The number of hydrogen-bond acceptors (Lipinski definition) is 6. The van der Waals surface area contributed by atoms with Crippen molar-refractivity contribution in [3.05, 3.63) is 23.9 Å². The highest BCUT2D eigenvalue weighted by Crippen LogP contribution is 2.40. The molecule has 0 spiro atoms. The van der Waals surface area contributed by atoms with Gasteiger partial charge in [0.25, 0.3) is 0 Å². The number of carbonyl (C=O) groups is 1. The van der Waals surface area contributed by atoms with Crippen LogP contribution in [0.5, 0.6) is 0 Å². The molecule has 4 aliphatic heterocycles. The maximum absolute atomic E-state index is 13.9. The van der Waals surface area contributed by atoms with E-state index < -0.39 is 0 Å². The van der Waals surface area contributed by atoms with Crippen LogP contribution in [-0.2, 0) is 0 Å². The summed E-state index contributed by atoms with van der Waals surface area (Å²) in [4.78, 5) is 25.3. The summed E-state index contributed by atoms with van der Waals surface area (Å²) in [7, 11) is 0. The van der Waals surface area contributed by atoms with E-state index in [0.29, 0.717) is 0 Å². The number of piperazine rings is 1. The second kappa shape index (κ2) is 7.32. The summed E-state index contributed by atoms with van der Waals surface area (Å²) in [5.74, 6) is 1.13. The van der Waals surface area contributed by atoms with E-state index in [-0.39, 0.29) is 41.3 Å². The van der Waals surface area contributed by atoms with Crippen molar-refractivity contribution >= 4 is 11.8 Å².